The molecule has 1 aliphatic rings. The van der Waals surface area contributed by atoms with Crippen LogP contribution in [0.4, 0.5) is 11.6 Å². The molecule has 4 aromatic rings. The van der Waals surface area contributed by atoms with Crippen molar-refractivity contribution in [1.29, 1.82) is 0 Å². The van der Waals surface area contributed by atoms with E-state index in [-0.39, 0.29) is 11.0 Å². The second kappa shape index (κ2) is 8.52. The van der Waals surface area contributed by atoms with Gasteiger partial charge in [-0.05, 0) is 55.3 Å². The molecule has 2 N–H and O–H groups in total. The van der Waals surface area contributed by atoms with Gasteiger partial charge in [-0.3, -0.25) is 9.78 Å². The van der Waals surface area contributed by atoms with Crippen molar-refractivity contribution >= 4 is 34.3 Å². The Kier molecular flexibility index (Phi) is 5.65. The Hall–Kier alpha value is -3.23. The molecule has 34 heavy (non-hydrogen) atoms. The van der Waals surface area contributed by atoms with Crippen molar-refractivity contribution in [1.82, 2.24) is 29.6 Å². The summed E-state index contributed by atoms with van der Waals surface area (Å²) in [6.07, 6.45) is 4.31. The molecule has 0 spiro atoms. The van der Waals surface area contributed by atoms with Crippen LogP contribution >= 0.6 is 11.6 Å². The fourth-order valence-electron chi connectivity index (χ4n) is 4.32. The van der Waals surface area contributed by atoms with Crippen molar-refractivity contribution < 1.29 is 0 Å². The Balaban J connectivity index is 1.62. The van der Waals surface area contributed by atoms with E-state index < -0.39 is 0 Å². The predicted molar refractivity (Wildman–Crippen MR) is 135 cm³/mol. The van der Waals surface area contributed by atoms with Gasteiger partial charge >= 0.3 is 0 Å². The van der Waals surface area contributed by atoms with Gasteiger partial charge < -0.3 is 10.6 Å². The molecule has 1 aliphatic heterocycles. The van der Waals surface area contributed by atoms with Crippen molar-refractivity contribution in [3.63, 3.8) is 0 Å². The van der Waals surface area contributed by atoms with Crippen LogP contribution < -0.4 is 16.2 Å². The average Bonchev–Trinajstić information content (AvgIpc) is 3.10. The summed E-state index contributed by atoms with van der Waals surface area (Å²) in [4.78, 5) is 26.8. The minimum Gasteiger partial charge on any atom is -0.323 e. The molecule has 0 radical (unpaired) electrons. The molecule has 0 saturated heterocycles. The predicted octanol–water partition coefficient (Wildman–Crippen LogP) is 4.34. The normalized spacial score (nSPS) is 13.8. The third-order valence-electron chi connectivity index (χ3n) is 6.15. The molecule has 4 heterocycles. The van der Waals surface area contributed by atoms with Crippen LogP contribution in [0.15, 0.2) is 41.5 Å². The number of fused-ring (bicyclic) bond motifs is 2. The van der Waals surface area contributed by atoms with Crippen molar-refractivity contribution in [2.75, 3.05) is 11.9 Å². The second-order valence-corrected chi connectivity index (χ2v) is 9.97. The molecule has 0 fully saturated rings. The molecular formula is C25H28ClN7O. The maximum Gasteiger partial charge on any atom is 0.278 e. The highest BCUT2D eigenvalue weighted by Gasteiger charge is 2.21. The molecule has 0 amide bonds. The number of benzene rings is 1. The lowest BCUT2D eigenvalue weighted by Crippen LogP contribution is -2.23. The van der Waals surface area contributed by atoms with E-state index in [9.17, 15) is 4.79 Å². The number of nitrogens with one attached hydrogen (secondary N) is 2. The minimum atomic E-state index is -0.129. The lowest BCUT2D eigenvalue weighted by Gasteiger charge is -2.20. The van der Waals surface area contributed by atoms with E-state index in [2.05, 4.69) is 41.4 Å². The fraction of sp³-hybridized carbons (Fsp3) is 0.360. The molecule has 0 atom stereocenters. The highest BCUT2D eigenvalue weighted by molar-refractivity contribution is 6.33. The number of pyridine rings is 1. The molecule has 176 valence electrons. The maximum atomic E-state index is 13.1. The van der Waals surface area contributed by atoms with Crippen LogP contribution in [-0.4, -0.2) is 30.9 Å². The Morgan fingerprint density at radius 3 is 2.76 bits per heavy atom. The number of halogens is 1. The van der Waals surface area contributed by atoms with Crippen LogP contribution in [0.25, 0.3) is 16.7 Å². The Labute approximate surface area is 203 Å². The van der Waals surface area contributed by atoms with Gasteiger partial charge in [-0.1, -0.05) is 32.4 Å². The summed E-state index contributed by atoms with van der Waals surface area (Å²) in [6, 6.07) is 7.95. The molecule has 5 rings (SSSR count). The first-order chi connectivity index (χ1) is 16.3. The van der Waals surface area contributed by atoms with Crippen LogP contribution in [0.1, 0.15) is 44.5 Å². The van der Waals surface area contributed by atoms with Gasteiger partial charge in [-0.2, -0.15) is 4.98 Å². The van der Waals surface area contributed by atoms with Gasteiger partial charge in [0.05, 0.1) is 16.4 Å². The monoisotopic (exact) mass is 477 g/mol. The molecule has 0 aliphatic carbocycles. The molecule has 9 heteroatoms. The standard InChI is InChI=1S/C25H28ClN7O/c1-5-32-23(34)18-14-29-24(30-20-11-16-13-27-8-6-15(16)10-19(20)26)31-22(18)33(32)17-7-9-28-21(12-17)25(2,3)4/h7,9-12,14,27H,5-6,8,13H2,1-4H3,(H,29,30,31). The quantitative estimate of drug-likeness (QED) is 0.454. The first-order valence-electron chi connectivity index (χ1n) is 11.5. The van der Waals surface area contributed by atoms with Crippen molar-refractivity contribution in [3.05, 3.63) is 68.9 Å². The lowest BCUT2D eigenvalue weighted by molar-refractivity contribution is 0.557. The highest BCUT2D eigenvalue weighted by atomic mass is 35.5. The number of anilines is 2. The van der Waals surface area contributed by atoms with E-state index in [1.807, 2.05) is 35.9 Å². The summed E-state index contributed by atoms with van der Waals surface area (Å²) in [5, 5.41) is 7.72. The molecule has 0 bridgehead atoms. The van der Waals surface area contributed by atoms with E-state index in [0.29, 0.717) is 28.5 Å². The van der Waals surface area contributed by atoms with Gasteiger partial charge in [0.25, 0.3) is 5.56 Å². The Bertz CT molecular complexity index is 1450. The first kappa shape index (κ1) is 22.6. The molecule has 8 nitrogen and oxygen atoms in total. The number of hydrogen-bond acceptors (Lipinski definition) is 6. The summed E-state index contributed by atoms with van der Waals surface area (Å²) in [6.45, 7) is 10.5. The van der Waals surface area contributed by atoms with Crippen LogP contribution in [-0.2, 0) is 24.9 Å². The van der Waals surface area contributed by atoms with Crippen LogP contribution in [0.3, 0.4) is 0 Å². The van der Waals surface area contributed by atoms with Gasteiger partial charge in [0, 0.05) is 36.6 Å². The number of rotatable bonds is 4. The zero-order chi connectivity index (χ0) is 24.0. The first-order valence-corrected chi connectivity index (χ1v) is 11.9. The fourth-order valence-corrected chi connectivity index (χ4v) is 4.55. The topological polar surface area (TPSA) is 89.7 Å². The van der Waals surface area contributed by atoms with E-state index >= 15 is 0 Å². The van der Waals surface area contributed by atoms with Gasteiger partial charge in [-0.15, -0.1) is 0 Å². The van der Waals surface area contributed by atoms with Crippen LogP contribution in [0, 0.1) is 0 Å². The number of hydrogen-bond donors (Lipinski definition) is 2. The molecule has 0 saturated carbocycles. The van der Waals surface area contributed by atoms with E-state index in [1.54, 1.807) is 17.1 Å². The maximum absolute atomic E-state index is 13.1. The third kappa shape index (κ3) is 3.97. The van der Waals surface area contributed by atoms with Crippen LogP contribution in [0.2, 0.25) is 5.02 Å². The summed E-state index contributed by atoms with van der Waals surface area (Å²) < 4.78 is 3.52. The molecule has 1 aromatic carbocycles. The summed E-state index contributed by atoms with van der Waals surface area (Å²) in [7, 11) is 0. The summed E-state index contributed by atoms with van der Waals surface area (Å²) in [5.41, 5.74) is 5.25. The number of aromatic nitrogens is 5. The van der Waals surface area contributed by atoms with Crippen molar-refractivity contribution in [3.8, 4) is 5.69 Å². The smallest absolute Gasteiger partial charge is 0.278 e. The third-order valence-corrected chi connectivity index (χ3v) is 6.47. The average molecular weight is 478 g/mol. The Morgan fingerprint density at radius 2 is 2.00 bits per heavy atom. The molecular weight excluding hydrogens is 450 g/mol. The second-order valence-electron chi connectivity index (χ2n) is 9.57. The van der Waals surface area contributed by atoms with E-state index in [0.717, 1.165) is 36.6 Å². The lowest BCUT2D eigenvalue weighted by atomic mass is 9.91. The number of nitrogens with zero attached hydrogens (tertiary/aromatic N) is 5. The van der Waals surface area contributed by atoms with Gasteiger partial charge in [0.15, 0.2) is 5.65 Å². The zero-order valence-electron chi connectivity index (χ0n) is 19.8. The van der Waals surface area contributed by atoms with Gasteiger partial charge in [0.2, 0.25) is 5.95 Å². The van der Waals surface area contributed by atoms with Gasteiger partial charge in [-0.25, -0.2) is 14.3 Å². The Morgan fingerprint density at radius 1 is 1.18 bits per heavy atom. The zero-order valence-corrected chi connectivity index (χ0v) is 20.6. The van der Waals surface area contributed by atoms with Crippen molar-refractivity contribution in [2.24, 2.45) is 0 Å². The SMILES string of the molecule is CCn1c(=O)c2cnc(Nc3cc4c(cc3Cl)CCNC4)nc2n1-c1ccnc(C(C)(C)C)c1. The largest absolute Gasteiger partial charge is 0.323 e. The summed E-state index contributed by atoms with van der Waals surface area (Å²) in [5.74, 6) is 0.380. The molecule has 3 aromatic heterocycles. The van der Waals surface area contributed by atoms with E-state index in [4.69, 9.17) is 16.6 Å². The van der Waals surface area contributed by atoms with Crippen LogP contribution in [0.5, 0.6) is 0 Å². The minimum absolute atomic E-state index is 0.129. The highest BCUT2D eigenvalue weighted by Crippen LogP contribution is 2.30. The molecule has 0 unspecified atom stereocenters. The summed E-state index contributed by atoms with van der Waals surface area (Å²) >= 11 is 6.56. The van der Waals surface area contributed by atoms with Crippen molar-refractivity contribution in [2.45, 2.75) is 52.6 Å². The van der Waals surface area contributed by atoms with Gasteiger partial charge in [0.1, 0.15) is 5.39 Å². The van der Waals surface area contributed by atoms with E-state index in [1.165, 1.54) is 11.1 Å².